The lowest BCUT2D eigenvalue weighted by molar-refractivity contribution is -0.158. The Bertz CT molecular complexity index is 479. The Hall–Kier alpha value is -1.17. The van der Waals surface area contributed by atoms with E-state index < -0.39 is 24.4 Å². The smallest absolute Gasteiger partial charge is 0.377 e. The van der Waals surface area contributed by atoms with E-state index >= 15 is 0 Å². The average molecular weight is 320 g/mol. The van der Waals surface area contributed by atoms with Gasteiger partial charge in [0.25, 0.3) is 0 Å². The van der Waals surface area contributed by atoms with Gasteiger partial charge in [0.05, 0.1) is 13.0 Å². The number of esters is 1. The predicted molar refractivity (Wildman–Crippen MR) is 66.8 cm³/mol. The van der Waals surface area contributed by atoms with Gasteiger partial charge in [-0.25, -0.2) is 4.79 Å². The van der Waals surface area contributed by atoms with Gasteiger partial charge in [0, 0.05) is 10.2 Å². The molecule has 1 aromatic carbocycles. The Kier molecular flexibility index (Phi) is 3.56. The highest BCUT2D eigenvalue weighted by molar-refractivity contribution is 9.10. The molecule has 1 unspecified atom stereocenters. The van der Waals surface area contributed by atoms with E-state index in [-0.39, 0.29) is 6.54 Å². The molecule has 1 N–H and O–H groups in total. The zero-order valence-corrected chi connectivity index (χ0v) is 11.3. The monoisotopic (exact) mass is 319 g/mol. The quantitative estimate of drug-likeness (QED) is 0.870. The Balaban J connectivity index is 1.97. The molecule has 98 valence electrons. The maximum Gasteiger partial charge on any atom is 0.377 e. The third kappa shape index (κ3) is 2.63. The Morgan fingerprint density at radius 3 is 2.89 bits per heavy atom. The summed E-state index contributed by atoms with van der Waals surface area (Å²) in [6.07, 6.45) is -1.35. The first-order chi connectivity index (χ1) is 8.40. The highest BCUT2D eigenvalue weighted by Gasteiger charge is 2.50. The van der Waals surface area contributed by atoms with Crippen molar-refractivity contribution in [3.8, 4) is 0 Å². The van der Waals surface area contributed by atoms with Gasteiger partial charge in [0.2, 0.25) is 0 Å². The first-order valence-corrected chi connectivity index (χ1v) is 6.27. The van der Waals surface area contributed by atoms with Gasteiger partial charge in [-0.3, -0.25) is 0 Å². The van der Waals surface area contributed by atoms with Gasteiger partial charge in [-0.15, -0.1) is 0 Å². The zero-order chi connectivity index (χ0) is 13.3. The van der Waals surface area contributed by atoms with Crippen LogP contribution >= 0.6 is 15.9 Å². The van der Waals surface area contributed by atoms with Crippen LogP contribution in [0.5, 0.6) is 0 Å². The largest absolute Gasteiger partial charge is 0.456 e. The van der Waals surface area contributed by atoms with Crippen molar-refractivity contribution in [2.75, 3.05) is 11.9 Å². The van der Waals surface area contributed by atoms with Gasteiger partial charge >= 0.3 is 11.9 Å². The number of ether oxygens (including phenoxy) is 1. The lowest BCUT2D eigenvalue weighted by Gasteiger charge is -2.13. The van der Waals surface area contributed by atoms with Crippen molar-refractivity contribution in [2.45, 2.75) is 25.4 Å². The van der Waals surface area contributed by atoms with E-state index in [1.165, 1.54) is 0 Å². The van der Waals surface area contributed by atoms with Crippen LogP contribution in [0.2, 0.25) is 0 Å². The number of cyclic esters (lactones) is 1. The molecule has 1 fully saturated rings. The maximum atomic E-state index is 12.9. The lowest BCUT2D eigenvalue weighted by atomic mass is 10.1. The van der Waals surface area contributed by atoms with Gasteiger partial charge in [0.15, 0.2) is 0 Å². The van der Waals surface area contributed by atoms with Gasteiger partial charge in [-0.1, -0.05) is 22.0 Å². The van der Waals surface area contributed by atoms with E-state index in [2.05, 4.69) is 26.0 Å². The van der Waals surface area contributed by atoms with Crippen LogP contribution in [0.15, 0.2) is 22.7 Å². The minimum Gasteiger partial charge on any atom is -0.456 e. The van der Waals surface area contributed by atoms with Crippen LogP contribution in [0.25, 0.3) is 0 Å². The number of carbonyl (C=O) groups excluding carboxylic acids is 1. The number of nitrogens with one attached hydrogen (secondary N) is 1. The summed E-state index contributed by atoms with van der Waals surface area (Å²) >= 11 is 3.38. The Labute approximate surface area is 112 Å². The molecule has 2 rings (SSSR count). The standard InChI is InChI=1S/C12H12BrF2NO2/c1-7-9(13)3-2-4-10(7)16-6-8-5-12(14,15)11(17)18-8/h2-4,8,16H,5-6H2,1H3. The minimum absolute atomic E-state index is 0.179. The van der Waals surface area contributed by atoms with Crippen LogP contribution in [-0.4, -0.2) is 24.5 Å². The van der Waals surface area contributed by atoms with Crippen molar-refractivity contribution >= 4 is 27.6 Å². The maximum absolute atomic E-state index is 12.9. The molecular weight excluding hydrogens is 308 g/mol. The molecule has 1 aromatic rings. The van der Waals surface area contributed by atoms with Crippen LogP contribution in [0.1, 0.15) is 12.0 Å². The van der Waals surface area contributed by atoms with Crippen LogP contribution in [0.3, 0.4) is 0 Å². The van der Waals surface area contributed by atoms with Crippen LogP contribution < -0.4 is 5.32 Å². The molecular formula is C12H12BrF2NO2. The number of carbonyl (C=O) groups is 1. The topological polar surface area (TPSA) is 38.3 Å². The van der Waals surface area contributed by atoms with Crippen molar-refractivity contribution in [1.82, 2.24) is 0 Å². The van der Waals surface area contributed by atoms with Crippen LogP contribution in [-0.2, 0) is 9.53 Å². The summed E-state index contributed by atoms with van der Waals surface area (Å²) in [6.45, 7) is 2.08. The summed E-state index contributed by atoms with van der Waals surface area (Å²) in [5, 5.41) is 3.01. The number of hydrogen-bond donors (Lipinski definition) is 1. The van der Waals surface area contributed by atoms with Gasteiger partial charge in [-0.2, -0.15) is 8.78 Å². The van der Waals surface area contributed by atoms with E-state index in [0.29, 0.717) is 0 Å². The number of hydrogen-bond acceptors (Lipinski definition) is 3. The molecule has 1 saturated heterocycles. The van der Waals surface area contributed by atoms with Crippen molar-refractivity contribution in [2.24, 2.45) is 0 Å². The number of anilines is 1. The summed E-state index contributed by atoms with van der Waals surface area (Å²) < 4.78 is 31.4. The highest BCUT2D eigenvalue weighted by atomic mass is 79.9. The molecule has 1 aliphatic rings. The third-order valence-corrected chi connectivity index (χ3v) is 3.70. The summed E-state index contributed by atoms with van der Waals surface area (Å²) in [6, 6.07) is 5.58. The van der Waals surface area contributed by atoms with Crippen molar-refractivity contribution < 1.29 is 18.3 Å². The first kappa shape index (κ1) is 13.3. The third-order valence-electron chi connectivity index (χ3n) is 2.84. The lowest BCUT2D eigenvalue weighted by Crippen LogP contribution is -2.22. The second-order valence-corrected chi connectivity index (χ2v) is 5.08. The van der Waals surface area contributed by atoms with Gasteiger partial charge < -0.3 is 10.1 Å². The molecule has 3 nitrogen and oxygen atoms in total. The second kappa shape index (κ2) is 4.84. The number of rotatable bonds is 3. The summed E-state index contributed by atoms with van der Waals surface area (Å²) in [7, 11) is 0. The Morgan fingerprint density at radius 1 is 1.56 bits per heavy atom. The number of alkyl halides is 2. The molecule has 0 radical (unpaired) electrons. The summed E-state index contributed by atoms with van der Waals surface area (Å²) in [5.41, 5.74) is 1.81. The molecule has 0 amide bonds. The molecule has 0 saturated carbocycles. The molecule has 1 aliphatic heterocycles. The normalized spacial score (nSPS) is 21.8. The predicted octanol–water partition coefficient (Wildman–Crippen LogP) is 3.12. The van der Waals surface area contributed by atoms with E-state index in [1.807, 2.05) is 25.1 Å². The molecule has 0 aromatic heterocycles. The summed E-state index contributed by atoms with van der Waals surface area (Å²) in [5.74, 6) is -4.78. The van der Waals surface area contributed by atoms with E-state index in [1.54, 1.807) is 0 Å². The van der Waals surface area contributed by atoms with Crippen LogP contribution in [0, 0.1) is 6.92 Å². The van der Waals surface area contributed by atoms with Crippen molar-refractivity contribution in [1.29, 1.82) is 0 Å². The molecule has 6 heteroatoms. The number of halogens is 3. The highest BCUT2D eigenvalue weighted by Crippen LogP contribution is 2.31. The molecule has 18 heavy (non-hydrogen) atoms. The molecule has 0 aliphatic carbocycles. The molecule has 1 heterocycles. The summed E-state index contributed by atoms with van der Waals surface area (Å²) in [4.78, 5) is 10.8. The average Bonchev–Trinajstić information content (AvgIpc) is 2.55. The zero-order valence-electron chi connectivity index (χ0n) is 9.67. The minimum atomic E-state index is -3.35. The SMILES string of the molecule is Cc1c(Br)cccc1NCC1CC(F)(F)C(=O)O1. The van der Waals surface area contributed by atoms with Crippen molar-refractivity contribution in [3.05, 3.63) is 28.2 Å². The van der Waals surface area contributed by atoms with Gasteiger partial charge in [-0.05, 0) is 24.6 Å². The first-order valence-electron chi connectivity index (χ1n) is 5.48. The Morgan fingerprint density at radius 2 is 2.28 bits per heavy atom. The fourth-order valence-electron chi connectivity index (χ4n) is 1.79. The molecule has 1 atom stereocenters. The fraction of sp³-hybridized carbons (Fsp3) is 0.417. The fourth-order valence-corrected chi connectivity index (χ4v) is 2.15. The van der Waals surface area contributed by atoms with Crippen molar-refractivity contribution in [3.63, 3.8) is 0 Å². The van der Waals surface area contributed by atoms with Gasteiger partial charge in [0.1, 0.15) is 6.10 Å². The number of benzene rings is 1. The molecule has 0 spiro atoms. The second-order valence-electron chi connectivity index (χ2n) is 4.23. The van der Waals surface area contributed by atoms with Crippen LogP contribution in [0.4, 0.5) is 14.5 Å². The van der Waals surface area contributed by atoms with E-state index in [9.17, 15) is 13.6 Å². The molecule has 0 bridgehead atoms. The van der Waals surface area contributed by atoms with E-state index in [4.69, 9.17) is 0 Å². The van der Waals surface area contributed by atoms with E-state index in [0.717, 1.165) is 15.7 Å².